The molecule has 86 valence electrons. The number of thiophene rings is 1. The fraction of sp³-hybridized carbons (Fsp3) is 0.455. The summed E-state index contributed by atoms with van der Waals surface area (Å²) in [6.07, 6.45) is 1.62. The van der Waals surface area contributed by atoms with E-state index in [2.05, 4.69) is 24.1 Å². The third-order valence-corrected chi connectivity index (χ3v) is 3.23. The van der Waals surface area contributed by atoms with Crippen molar-refractivity contribution in [1.82, 2.24) is 14.9 Å². The Bertz CT molecular complexity index is 529. The fourth-order valence-corrected chi connectivity index (χ4v) is 2.30. The second-order valence-corrected chi connectivity index (χ2v) is 4.90. The van der Waals surface area contributed by atoms with Gasteiger partial charge in [0.15, 0.2) is 0 Å². The average Bonchev–Trinajstić information content (AvgIpc) is 2.69. The largest absolute Gasteiger partial charge is 0.313 e. The SMILES string of the molecule is CC(C)NCCn1cnc2ccsc2c1=O. The molecule has 0 saturated carbocycles. The number of aromatic nitrogens is 2. The molecular formula is C11H15N3OS. The number of hydrogen-bond donors (Lipinski definition) is 1. The number of fused-ring (bicyclic) bond motifs is 1. The van der Waals surface area contributed by atoms with Gasteiger partial charge in [0.25, 0.3) is 5.56 Å². The van der Waals surface area contributed by atoms with E-state index in [1.807, 2.05) is 11.4 Å². The predicted molar refractivity (Wildman–Crippen MR) is 67.0 cm³/mol. The molecule has 0 aromatic carbocycles. The van der Waals surface area contributed by atoms with Crippen molar-refractivity contribution >= 4 is 21.6 Å². The highest BCUT2D eigenvalue weighted by Crippen LogP contribution is 2.12. The fourth-order valence-electron chi connectivity index (χ4n) is 1.51. The quantitative estimate of drug-likeness (QED) is 0.875. The van der Waals surface area contributed by atoms with Crippen LogP contribution < -0.4 is 10.9 Å². The summed E-state index contributed by atoms with van der Waals surface area (Å²) in [5.74, 6) is 0. The lowest BCUT2D eigenvalue weighted by Crippen LogP contribution is -2.30. The molecule has 2 aromatic heterocycles. The lowest BCUT2D eigenvalue weighted by molar-refractivity contribution is 0.532. The zero-order chi connectivity index (χ0) is 11.5. The Morgan fingerprint density at radius 1 is 1.56 bits per heavy atom. The third kappa shape index (κ3) is 2.31. The first kappa shape index (κ1) is 11.3. The van der Waals surface area contributed by atoms with Crippen molar-refractivity contribution in [2.24, 2.45) is 0 Å². The predicted octanol–water partition coefficient (Wildman–Crippen LogP) is 1.46. The molecule has 16 heavy (non-hydrogen) atoms. The van der Waals surface area contributed by atoms with Crippen LogP contribution >= 0.6 is 11.3 Å². The van der Waals surface area contributed by atoms with E-state index in [4.69, 9.17) is 0 Å². The van der Waals surface area contributed by atoms with Crippen LogP contribution in [0.4, 0.5) is 0 Å². The number of nitrogens with zero attached hydrogens (tertiary/aromatic N) is 2. The van der Waals surface area contributed by atoms with Crippen LogP contribution in [0.5, 0.6) is 0 Å². The van der Waals surface area contributed by atoms with Gasteiger partial charge in [0.1, 0.15) is 4.70 Å². The molecule has 1 N–H and O–H groups in total. The van der Waals surface area contributed by atoms with Gasteiger partial charge in [-0.05, 0) is 11.4 Å². The Morgan fingerprint density at radius 3 is 3.12 bits per heavy atom. The van der Waals surface area contributed by atoms with Crippen molar-refractivity contribution in [3.8, 4) is 0 Å². The van der Waals surface area contributed by atoms with Gasteiger partial charge in [-0.2, -0.15) is 0 Å². The zero-order valence-corrected chi connectivity index (χ0v) is 10.3. The molecule has 0 aliphatic heterocycles. The molecule has 0 bridgehead atoms. The lowest BCUT2D eigenvalue weighted by atomic mass is 10.4. The molecule has 0 aliphatic carbocycles. The first-order chi connectivity index (χ1) is 7.68. The summed E-state index contributed by atoms with van der Waals surface area (Å²) in [5.41, 5.74) is 0.855. The van der Waals surface area contributed by atoms with E-state index < -0.39 is 0 Å². The number of rotatable bonds is 4. The first-order valence-electron chi connectivity index (χ1n) is 5.34. The van der Waals surface area contributed by atoms with Gasteiger partial charge < -0.3 is 5.32 Å². The Balaban J connectivity index is 2.18. The minimum Gasteiger partial charge on any atom is -0.313 e. The van der Waals surface area contributed by atoms with Crippen molar-refractivity contribution in [2.45, 2.75) is 26.4 Å². The molecule has 0 atom stereocenters. The zero-order valence-electron chi connectivity index (χ0n) is 9.43. The van der Waals surface area contributed by atoms with Crippen LogP contribution in [0.1, 0.15) is 13.8 Å². The van der Waals surface area contributed by atoms with Crippen molar-refractivity contribution in [3.05, 3.63) is 28.1 Å². The van der Waals surface area contributed by atoms with Crippen LogP contribution in [0.15, 0.2) is 22.6 Å². The van der Waals surface area contributed by atoms with Gasteiger partial charge in [0.2, 0.25) is 0 Å². The van der Waals surface area contributed by atoms with E-state index in [0.29, 0.717) is 12.6 Å². The molecule has 2 heterocycles. The summed E-state index contributed by atoms with van der Waals surface area (Å²) in [7, 11) is 0. The molecule has 0 spiro atoms. The number of nitrogens with one attached hydrogen (secondary N) is 1. The van der Waals surface area contributed by atoms with Crippen LogP contribution in [0.3, 0.4) is 0 Å². The van der Waals surface area contributed by atoms with Gasteiger partial charge in [0, 0.05) is 19.1 Å². The maximum absolute atomic E-state index is 12.0. The van der Waals surface area contributed by atoms with Crippen LogP contribution in [0.25, 0.3) is 10.2 Å². The molecule has 5 heteroatoms. The normalized spacial score (nSPS) is 11.4. The van der Waals surface area contributed by atoms with E-state index in [1.54, 1.807) is 10.9 Å². The van der Waals surface area contributed by atoms with Crippen LogP contribution in [0.2, 0.25) is 0 Å². The van der Waals surface area contributed by atoms with E-state index in [0.717, 1.165) is 16.8 Å². The highest BCUT2D eigenvalue weighted by molar-refractivity contribution is 7.17. The Kier molecular flexibility index (Phi) is 3.36. The van der Waals surface area contributed by atoms with Gasteiger partial charge >= 0.3 is 0 Å². The summed E-state index contributed by atoms with van der Waals surface area (Å²) in [4.78, 5) is 16.2. The average molecular weight is 237 g/mol. The Labute approximate surface area is 97.9 Å². The molecule has 2 aromatic rings. The van der Waals surface area contributed by atoms with Crippen molar-refractivity contribution in [2.75, 3.05) is 6.54 Å². The van der Waals surface area contributed by atoms with Gasteiger partial charge in [-0.25, -0.2) is 4.98 Å². The lowest BCUT2D eigenvalue weighted by Gasteiger charge is -2.09. The van der Waals surface area contributed by atoms with Gasteiger partial charge in [0.05, 0.1) is 11.8 Å². The topological polar surface area (TPSA) is 46.9 Å². The maximum atomic E-state index is 12.0. The molecular weight excluding hydrogens is 222 g/mol. The maximum Gasteiger partial charge on any atom is 0.271 e. The highest BCUT2D eigenvalue weighted by Gasteiger charge is 2.04. The second-order valence-electron chi connectivity index (χ2n) is 3.99. The summed E-state index contributed by atoms with van der Waals surface area (Å²) in [6, 6.07) is 2.31. The molecule has 0 fully saturated rings. The summed E-state index contributed by atoms with van der Waals surface area (Å²) in [6.45, 7) is 5.63. The van der Waals surface area contributed by atoms with Crippen molar-refractivity contribution in [1.29, 1.82) is 0 Å². The minimum atomic E-state index is 0.0607. The van der Waals surface area contributed by atoms with E-state index >= 15 is 0 Å². The standard InChI is InChI=1S/C11H15N3OS/c1-8(2)12-4-5-14-7-13-9-3-6-16-10(9)11(14)15/h3,6-8,12H,4-5H2,1-2H3. The van der Waals surface area contributed by atoms with Gasteiger partial charge in [-0.15, -0.1) is 11.3 Å². The van der Waals surface area contributed by atoms with E-state index in [9.17, 15) is 4.79 Å². The molecule has 4 nitrogen and oxygen atoms in total. The molecule has 0 saturated heterocycles. The second kappa shape index (κ2) is 4.76. The molecule has 0 unspecified atom stereocenters. The first-order valence-corrected chi connectivity index (χ1v) is 6.22. The van der Waals surface area contributed by atoms with Gasteiger partial charge in [-0.3, -0.25) is 9.36 Å². The molecule has 2 rings (SSSR count). The highest BCUT2D eigenvalue weighted by atomic mass is 32.1. The summed E-state index contributed by atoms with van der Waals surface area (Å²) >= 11 is 1.45. The van der Waals surface area contributed by atoms with Crippen molar-refractivity contribution < 1.29 is 0 Å². The number of hydrogen-bond acceptors (Lipinski definition) is 4. The van der Waals surface area contributed by atoms with Crippen LogP contribution in [-0.2, 0) is 6.54 Å². The molecule has 0 aliphatic rings. The van der Waals surface area contributed by atoms with E-state index in [1.165, 1.54) is 11.3 Å². The van der Waals surface area contributed by atoms with Crippen LogP contribution in [-0.4, -0.2) is 22.1 Å². The van der Waals surface area contributed by atoms with E-state index in [-0.39, 0.29) is 5.56 Å². The Hall–Kier alpha value is -1.20. The summed E-state index contributed by atoms with van der Waals surface area (Å²) < 4.78 is 2.40. The monoisotopic (exact) mass is 237 g/mol. The van der Waals surface area contributed by atoms with Crippen molar-refractivity contribution in [3.63, 3.8) is 0 Å². The third-order valence-electron chi connectivity index (χ3n) is 2.34. The summed E-state index contributed by atoms with van der Waals surface area (Å²) in [5, 5.41) is 5.18. The van der Waals surface area contributed by atoms with Gasteiger partial charge in [-0.1, -0.05) is 13.8 Å². The smallest absolute Gasteiger partial charge is 0.271 e. The Morgan fingerprint density at radius 2 is 2.38 bits per heavy atom. The molecule has 0 amide bonds. The minimum absolute atomic E-state index is 0.0607. The molecule has 0 radical (unpaired) electrons. The van der Waals surface area contributed by atoms with Crippen LogP contribution in [0, 0.1) is 0 Å².